The van der Waals surface area contributed by atoms with Gasteiger partial charge < -0.3 is 35.9 Å². The smallest absolute Gasteiger partial charge is 0.160 e. The summed E-state index contributed by atoms with van der Waals surface area (Å²) >= 11 is 0. The van der Waals surface area contributed by atoms with Crippen LogP contribution in [0.25, 0.3) is 275 Å². The second-order valence-corrected chi connectivity index (χ2v) is 36.3. The van der Waals surface area contributed by atoms with Crippen LogP contribution in [0.1, 0.15) is 0 Å². The monoisotopic (exact) mass is 1790 g/mol. The van der Waals surface area contributed by atoms with Gasteiger partial charge >= 0.3 is 0 Å². The Bertz CT molecular complexity index is 10200. The minimum absolute atomic E-state index is 0.918. The van der Waals surface area contributed by atoms with Crippen molar-refractivity contribution in [3.63, 3.8) is 0 Å². The molecule has 0 bridgehead atoms. The van der Waals surface area contributed by atoms with E-state index in [4.69, 9.17) is 17.7 Å². The van der Waals surface area contributed by atoms with Crippen LogP contribution in [0.4, 0.5) is 0 Å². The Morgan fingerprint density at radius 2 is 0.407 bits per heavy atom. The maximum absolute atomic E-state index is 6.52. The summed E-state index contributed by atoms with van der Waals surface area (Å²) in [6, 6.07) is 177. The molecule has 140 heavy (non-hydrogen) atoms. The Hall–Kier alpha value is -18.8. The van der Waals surface area contributed by atoms with E-state index >= 15 is 0 Å². The number of furan rings is 4. The van der Waals surface area contributed by atoms with Crippen molar-refractivity contribution in [2.75, 3.05) is 0 Å². The van der Waals surface area contributed by atoms with E-state index in [9.17, 15) is 0 Å². The fourth-order valence-corrected chi connectivity index (χ4v) is 22.2. The van der Waals surface area contributed by atoms with Gasteiger partial charge in [0.2, 0.25) is 0 Å². The Morgan fingerprint density at radius 1 is 0.129 bits per heavy atom. The maximum Gasteiger partial charge on any atom is 0.160 e. The van der Waals surface area contributed by atoms with Crippen molar-refractivity contribution in [1.82, 2.24) is 18.3 Å². The van der Waals surface area contributed by atoms with Crippen molar-refractivity contribution in [3.8, 4) is 67.3 Å². The fraction of sp³-hybridized carbons (Fsp3) is 0. The molecule has 31 aromatic rings. The summed E-state index contributed by atoms with van der Waals surface area (Å²) in [6.07, 6.45) is 0. The molecule has 654 valence electrons. The lowest BCUT2D eigenvalue weighted by atomic mass is 9.98. The van der Waals surface area contributed by atoms with Gasteiger partial charge in [0.1, 0.15) is 22.3 Å². The Balaban J connectivity index is 0.0000000917. The lowest BCUT2D eigenvalue weighted by Gasteiger charge is -2.12. The van der Waals surface area contributed by atoms with Crippen molar-refractivity contribution in [1.29, 1.82) is 0 Å². The van der Waals surface area contributed by atoms with Gasteiger partial charge in [0.25, 0.3) is 0 Å². The molecule has 0 aliphatic heterocycles. The molecule has 0 aliphatic carbocycles. The van der Waals surface area contributed by atoms with Crippen molar-refractivity contribution in [2.45, 2.75) is 0 Å². The highest BCUT2D eigenvalue weighted by atomic mass is 16.3. The first-order valence-corrected chi connectivity index (χ1v) is 47.7. The van der Waals surface area contributed by atoms with Gasteiger partial charge in [0, 0.05) is 109 Å². The van der Waals surface area contributed by atoms with Gasteiger partial charge in [-0.1, -0.05) is 370 Å². The number of hydrogen-bond donors (Lipinski definition) is 0. The average molecular weight is 1790 g/mol. The van der Waals surface area contributed by atoms with Crippen LogP contribution < -0.4 is 0 Å². The molecule has 0 amide bonds. The topological polar surface area (TPSA) is 72.3 Å². The predicted octanol–water partition coefficient (Wildman–Crippen LogP) is 36.9. The van der Waals surface area contributed by atoms with Crippen LogP contribution in [0.2, 0.25) is 0 Å². The summed E-state index contributed by atoms with van der Waals surface area (Å²) in [6.45, 7) is 0. The molecular weight excluding hydrogens is 1710 g/mol. The molecule has 0 N–H and O–H groups in total. The van der Waals surface area contributed by atoms with Gasteiger partial charge in [-0.2, -0.15) is 0 Å². The Labute approximate surface area is 802 Å². The van der Waals surface area contributed by atoms with Crippen molar-refractivity contribution in [2.24, 2.45) is 0 Å². The second-order valence-electron chi connectivity index (χ2n) is 36.3. The van der Waals surface area contributed by atoms with E-state index in [1.165, 1.54) is 142 Å². The molecule has 8 heteroatoms. The number of fused-ring (bicyclic) bond motifs is 31. The molecule has 8 nitrogen and oxygen atoms in total. The van der Waals surface area contributed by atoms with E-state index in [-0.39, 0.29) is 0 Å². The minimum Gasteiger partial charge on any atom is -0.454 e. The Kier molecular flexibility index (Phi) is 18.5. The van der Waals surface area contributed by atoms with Gasteiger partial charge in [0.15, 0.2) is 22.3 Å². The second kappa shape index (κ2) is 32.5. The molecule has 0 saturated carbocycles. The SMILES string of the molecule is c1ccc(-c2ccc3ccc(-n4c5ccccc5c5ccc6c7ccccc7oc6c54)cc3c2)cc1.c1ccc(-c2cccc(-n3c4ccccc4c4ccc5c6ccccc6oc5c43)c2)cc1.c1ccc(-c2cccc3cc(-n4c5ccccc5c5ccc6c7ccccc7oc6c54)ccc23)cc1.c1ccc(-c2cccc3ccc(-n4c5ccccc5c5ccc6c7ccccc7oc6c54)cc23)cc1. The van der Waals surface area contributed by atoms with Gasteiger partial charge in [0.05, 0.1) is 44.1 Å². The molecule has 8 aromatic heterocycles. The maximum atomic E-state index is 6.52. The molecule has 0 spiro atoms. The van der Waals surface area contributed by atoms with Gasteiger partial charge in [-0.25, -0.2) is 0 Å². The summed E-state index contributed by atoms with van der Waals surface area (Å²) < 4.78 is 35.4. The average Bonchev–Trinajstić information content (AvgIpc) is 1.58. The summed E-state index contributed by atoms with van der Waals surface area (Å²) in [7, 11) is 0. The third kappa shape index (κ3) is 12.9. The van der Waals surface area contributed by atoms with E-state index in [0.717, 1.165) is 133 Å². The van der Waals surface area contributed by atoms with E-state index in [0.29, 0.717) is 0 Å². The molecule has 0 aliphatic rings. The zero-order valence-corrected chi connectivity index (χ0v) is 75.8. The normalized spacial score (nSPS) is 11.9. The van der Waals surface area contributed by atoms with Crippen molar-refractivity contribution in [3.05, 3.63) is 497 Å². The third-order valence-corrected chi connectivity index (χ3v) is 28.5. The summed E-state index contributed by atoms with van der Waals surface area (Å²) in [5.41, 5.74) is 30.9. The van der Waals surface area contributed by atoms with Crippen molar-refractivity contribution >= 4 is 207 Å². The van der Waals surface area contributed by atoms with Crippen LogP contribution in [-0.4, -0.2) is 18.3 Å². The molecule has 8 heterocycles. The fourth-order valence-electron chi connectivity index (χ4n) is 22.2. The number of benzene rings is 23. The van der Waals surface area contributed by atoms with E-state index in [2.05, 4.69) is 485 Å². The first-order valence-electron chi connectivity index (χ1n) is 47.7. The van der Waals surface area contributed by atoms with Gasteiger partial charge in [-0.05, 0) is 204 Å². The highest BCUT2D eigenvalue weighted by molar-refractivity contribution is 6.26. The van der Waals surface area contributed by atoms with Gasteiger partial charge in [-0.15, -0.1) is 0 Å². The predicted molar refractivity (Wildman–Crippen MR) is 586 cm³/mol. The zero-order valence-electron chi connectivity index (χ0n) is 75.8. The first-order chi connectivity index (χ1) is 69.5. The number of rotatable bonds is 8. The molecule has 0 radical (unpaired) electrons. The summed E-state index contributed by atoms with van der Waals surface area (Å²) in [5, 5.41) is 26.3. The van der Waals surface area contributed by atoms with E-state index in [1.807, 2.05) is 30.3 Å². The largest absolute Gasteiger partial charge is 0.454 e. The highest BCUT2D eigenvalue weighted by Crippen LogP contribution is 2.48. The Morgan fingerprint density at radius 3 is 0.814 bits per heavy atom. The molecule has 23 aromatic carbocycles. The lowest BCUT2D eigenvalue weighted by molar-refractivity contribution is 0.670. The van der Waals surface area contributed by atoms with Crippen LogP contribution in [-0.2, 0) is 0 Å². The number of hydrogen-bond acceptors (Lipinski definition) is 4. The molecule has 31 rings (SSSR count). The van der Waals surface area contributed by atoms with Crippen LogP contribution in [0.5, 0.6) is 0 Å². The van der Waals surface area contributed by atoms with Crippen LogP contribution in [0.15, 0.2) is 515 Å². The van der Waals surface area contributed by atoms with Gasteiger partial charge in [-0.3, -0.25) is 0 Å². The van der Waals surface area contributed by atoms with Crippen molar-refractivity contribution < 1.29 is 17.7 Å². The molecule has 0 atom stereocenters. The number of aromatic nitrogens is 4. The van der Waals surface area contributed by atoms with Crippen LogP contribution in [0.3, 0.4) is 0 Å². The standard InChI is InChI=1S/3C34H21NO.C30H19NO/c1-2-9-22(10-3-1)25-14-8-11-23-21-24(17-18-26(23)25)35-31-15-6-4-12-27(31)29-19-20-30-28-13-5-7-16-32(28)36-34(30)33(29)35;1-2-9-22(10-3-1)25-14-8-11-23-17-18-24(21-30(23)25)35-31-15-6-4-12-26(31)28-19-20-29-27-13-5-7-16-32(27)36-34(29)33(28)35;1-2-8-22(9-3-1)24-15-14-23-16-17-26(21-25(23)20-24)35-31-12-6-4-10-27(31)29-18-19-30-28-11-5-7-13-32(28)36-34(30)33(29)35;1-2-9-20(10-3-1)21-11-8-12-22(19-21)31-27-15-6-4-13-23(27)25-17-18-26-24-14-5-7-16-28(24)32-30(26)29(25)31/h3*1-21H;1-19H. The first kappa shape index (κ1) is 79.8. The molecule has 0 saturated heterocycles. The molecule has 0 unspecified atom stereocenters. The minimum atomic E-state index is 0.918. The quantitative estimate of drug-likeness (QED) is 0.152. The number of para-hydroxylation sites is 8. The van der Waals surface area contributed by atoms with E-state index in [1.54, 1.807) is 0 Å². The highest BCUT2D eigenvalue weighted by Gasteiger charge is 2.26. The summed E-state index contributed by atoms with van der Waals surface area (Å²) in [4.78, 5) is 0. The van der Waals surface area contributed by atoms with Crippen LogP contribution in [0, 0.1) is 0 Å². The third-order valence-electron chi connectivity index (χ3n) is 28.5. The lowest BCUT2D eigenvalue weighted by Crippen LogP contribution is -1.94. The molecule has 0 fully saturated rings. The number of nitrogens with zero attached hydrogens (tertiary/aromatic N) is 4. The van der Waals surface area contributed by atoms with Crippen LogP contribution >= 0.6 is 0 Å². The molecular formula is C132H82N4O4. The summed E-state index contributed by atoms with van der Waals surface area (Å²) in [5.74, 6) is 0. The zero-order chi connectivity index (χ0) is 92.0. The van der Waals surface area contributed by atoms with E-state index < -0.39 is 0 Å².